The molecule has 0 unspecified atom stereocenters. The Morgan fingerprint density at radius 3 is 2.25 bits per heavy atom. The number of rotatable bonds is 5. The first-order chi connectivity index (χ1) is 7.38. The van der Waals surface area contributed by atoms with Gasteiger partial charge in [-0.1, -0.05) is 62.1 Å². The topological polar surface area (TPSA) is 17.1 Å². The molecule has 1 aromatic rings. The average Bonchev–Trinajstić information content (AvgIpc) is 2.16. The Bertz CT molecular complexity index is 373. The summed E-state index contributed by atoms with van der Waals surface area (Å²) in [5.41, 5.74) is 1.87. The van der Waals surface area contributed by atoms with Crippen LogP contribution in [0.15, 0.2) is 42.5 Å². The van der Waals surface area contributed by atoms with E-state index in [1.54, 1.807) is 0 Å². The molecule has 1 rings (SSSR count). The lowest BCUT2D eigenvalue weighted by Gasteiger charge is -2.17. The summed E-state index contributed by atoms with van der Waals surface area (Å²) in [6.07, 6.45) is 0.494. The second-order valence-electron chi connectivity index (χ2n) is 5.45. The van der Waals surface area contributed by atoms with E-state index in [0.717, 1.165) is 17.2 Å². The van der Waals surface area contributed by atoms with Crippen molar-refractivity contribution in [1.82, 2.24) is 0 Å². The quantitative estimate of drug-likeness (QED) is 0.423. The van der Waals surface area contributed by atoms with Gasteiger partial charge in [0.15, 0.2) is 5.78 Å². The SMILES string of the molecule is C=C(CC(=O)c1ccccc1)C[Si](C)(C)C. The van der Waals surface area contributed by atoms with E-state index in [4.69, 9.17) is 0 Å². The molecule has 16 heavy (non-hydrogen) atoms. The van der Waals surface area contributed by atoms with Gasteiger partial charge in [-0.25, -0.2) is 0 Å². The second-order valence-corrected chi connectivity index (χ2v) is 10.9. The first kappa shape index (κ1) is 12.9. The molecule has 0 saturated carbocycles. The van der Waals surface area contributed by atoms with E-state index in [-0.39, 0.29) is 5.78 Å². The van der Waals surface area contributed by atoms with Crippen molar-refractivity contribution in [2.75, 3.05) is 0 Å². The van der Waals surface area contributed by atoms with Crippen molar-refractivity contribution in [3.8, 4) is 0 Å². The maximum atomic E-state index is 11.9. The zero-order valence-electron chi connectivity index (χ0n) is 10.4. The van der Waals surface area contributed by atoms with Gasteiger partial charge in [-0.15, -0.1) is 0 Å². The summed E-state index contributed by atoms with van der Waals surface area (Å²) in [6.45, 7) is 10.9. The van der Waals surface area contributed by atoms with Crippen molar-refractivity contribution in [2.45, 2.75) is 32.1 Å². The molecule has 0 fully saturated rings. The molecule has 0 bridgehead atoms. The van der Waals surface area contributed by atoms with E-state index in [1.165, 1.54) is 0 Å². The summed E-state index contributed by atoms with van der Waals surface area (Å²) < 4.78 is 0. The van der Waals surface area contributed by atoms with Crippen molar-refractivity contribution in [1.29, 1.82) is 0 Å². The zero-order valence-corrected chi connectivity index (χ0v) is 11.4. The number of allylic oxidation sites excluding steroid dienone is 1. The lowest BCUT2D eigenvalue weighted by atomic mass is 10.1. The van der Waals surface area contributed by atoms with Crippen LogP contribution in [0.3, 0.4) is 0 Å². The van der Waals surface area contributed by atoms with Crippen molar-refractivity contribution in [2.24, 2.45) is 0 Å². The monoisotopic (exact) mass is 232 g/mol. The molecule has 0 heterocycles. The molecular formula is C14H20OSi. The number of carbonyl (C=O) groups is 1. The first-order valence-electron chi connectivity index (χ1n) is 5.63. The standard InChI is InChI=1S/C14H20OSi/c1-12(11-16(2,3)4)10-14(15)13-8-6-5-7-9-13/h5-9H,1,10-11H2,2-4H3. The highest BCUT2D eigenvalue weighted by Crippen LogP contribution is 2.19. The molecular weight excluding hydrogens is 212 g/mol. The van der Waals surface area contributed by atoms with Crippen LogP contribution in [-0.2, 0) is 0 Å². The summed E-state index contributed by atoms with van der Waals surface area (Å²) in [6, 6.07) is 10.5. The van der Waals surface area contributed by atoms with Crippen LogP contribution in [0.1, 0.15) is 16.8 Å². The van der Waals surface area contributed by atoms with Crippen LogP contribution in [0, 0.1) is 0 Å². The van der Waals surface area contributed by atoms with Gasteiger partial charge >= 0.3 is 0 Å². The number of hydrogen-bond donors (Lipinski definition) is 0. The van der Waals surface area contributed by atoms with Gasteiger partial charge in [0, 0.05) is 20.1 Å². The third kappa shape index (κ3) is 4.58. The van der Waals surface area contributed by atoms with Gasteiger partial charge in [0.2, 0.25) is 0 Å². The predicted molar refractivity (Wildman–Crippen MR) is 72.7 cm³/mol. The summed E-state index contributed by atoms with van der Waals surface area (Å²) in [7, 11) is -1.14. The fraction of sp³-hybridized carbons (Fsp3) is 0.357. The van der Waals surface area contributed by atoms with E-state index < -0.39 is 8.07 Å². The summed E-state index contributed by atoms with van der Waals surface area (Å²) in [4.78, 5) is 11.9. The Balaban J connectivity index is 2.56. The lowest BCUT2D eigenvalue weighted by molar-refractivity contribution is 0.0993. The van der Waals surface area contributed by atoms with Gasteiger partial charge in [-0.05, 0) is 6.04 Å². The molecule has 1 aromatic carbocycles. The third-order valence-corrected chi connectivity index (χ3v) is 3.85. The van der Waals surface area contributed by atoms with Crippen LogP contribution in [0.25, 0.3) is 0 Å². The number of hydrogen-bond acceptors (Lipinski definition) is 1. The molecule has 2 heteroatoms. The summed E-state index contributed by atoms with van der Waals surface area (Å²) in [5, 5.41) is 0. The van der Waals surface area contributed by atoms with E-state index in [0.29, 0.717) is 6.42 Å². The Morgan fingerprint density at radius 1 is 1.19 bits per heavy atom. The summed E-state index contributed by atoms with van der Waals surface area (Å²) >= 11 is 0. The Morgan fingerprint density at radius 2 is 1.75 bits per heavy atom. The summed E-state index contributed by atoms with van der Waals surface area (Å²) in [5.74, 6) is 0.184. The third-order valence-electron chi connectivity index (χ3n) is 2.29. The molecule has 0 aliphatic carbocycles. The van der Waals surface area contributed by atoms with Gasteiger partial charge in [-0.3, -0.25) is 4.79 Å². The minimum absolute atomic E-state index is 0.184. The molecule has 0 spiro atoms. The highest BCUT2D eigenvalue weighted by Gasteiger charge is 2.16. The fourth-order valence-electron chi connectivity index (χ4n) is 1.77. The number of carbonyl (C=O) groups excluding carboxylic acids is 1. The molecule has 1 nitrogen and oxygen atoms in total. The van der Waals surface area contributed by atoms with E-state index in [2.05, 4.69) is 26.2 Å². The van der Waals surface area contributed by atoms with Crippen LogP contribution in [0.4, 0.5) is 0 Å². The smallest absolute Gasteiger partial charge is 0.166 e. The van der Waals surface area contributed by atoms with E-state index in [9.17, 15) is 4.79 Å². The Kier molecular flexibility index (Phi) is 4.24. The van der Waals surface area contributed by atoms with Crippen molar-refractivity contribution in [3.05, 3.63) is 48.0 Å². The minimum Gasteiger partial charge on any atom is -0.294 e. The predicted octanol–water partition coefficient (Wildman–Crippen LogP) is 4.15. The molecule has 0 aromatic heterocycles. The maximum absolute atomic E-state index is 11.9. The molecule has 0 atom stereocenters. The van der Waals surface area contributed by atoms with E-state index >= 15 is 0 Å². The minimum atomic E-state index is -1.14. The molecule has 0 N–H and O–H groups in total. The van der Waals surface area contributed by atoms with Crippen LogP contribution in [0.2, 0.25) is 25.7 Å². The Labute approximate surface area is 99.2 Å². The van der Waals surface area contributed by atoms with Crippen LogP contribution < -0.4 is 0 Å². The maximum Gasteiger partial charge on any atom is 0.166 e. The van der Waals surface area contributed by atoms with Crippen LogP contribution >= 0.6 is 0 Å². The van der Waals surface area contributed by atoms with Crippen molar-refractivity contribution < 1.29 is 4.79 Å². The number of ketones is 1. The van der Waals surface area contributed by atoms with Gasteiger partial charge < -0.3 is 0 Å². The fourth-order valence-corrected chi connectivity index (χ4v) is 3.39. The first-order valence-corrected chi connectivity index (χ1v) is 9.34. The lowest BCUT2D eigenvalue weighted by Crippen LogP contribution is -2.20. The van der Waals surface area contributed by atoms with E-state index in [1.807, 2.05) is 30.3 Å². The molecule has 0 radical (unpaired) electrons. The van der Waals surface area contributed by atoms with Crippen molar-refractivity contribution in [3.63, 3.8) is 0 Å². The van der Waals surface area contributed by atoms with Crippen LogP contribution in [-0.4, -0.2) is 13.9 Å². The van der Waals surface area contributed by atoms with Gasteiger partial charge in [-0.2, -0.15) is 0 Å². The highest BCUT2D eigenvalue weighted by molar-refractivity contribution is 6.76. The second kappa shape index (κ2) is 5.26. The highest BCUT2D eigenvalue weighted by atomic mass is 28.3. The number of Topliss-reactive ketones (excluding diaryl/α,β-unsaturated/α-hetero) is 1. The van der Waals surface area contributed by atoms with Gasteiger partial charge in [0.25, 0.3) is 0 Å². The van der Waals surface area contributed by atoms with Crippen molar-refractivity contribution >= 4 is 13.9 Å². The largest absolute Gasteiger partial charge is 0.294 e. The molecule has 0 aliphatic rings. The average molecular weight is 232 g/mol. The zero-order chi connectivity index (χ0) is 12.2. The molecule has 86 valence electrons. The normalized spacial score (nSPS) is 11.2. The molecule has 0 aliphatic heterocycles. The Hall–Kier alpha value is -1.15. The van der Waals surface area contributed by atoms with Crippen LogP contribution in [0.5, 0.6) is 0 Å². The number of benzene rings is 1. The van der Waals surface area contributed by atoms with Gasteiger partial charge in [0.05, 0.1) is 0 Å². The van der Waals surface area contributed by atoms with Gasteiger partial charge in [0.1, 0.15) is 0 Å². The molecule has 0 amide bonds. The molecule has 0 saturated heterocycles.